The van der Waals surface area contributed by atoms with Crippen LogP contribution in [0.2, 0.25) is 0 Å². The maximum atomic E-state index is 14.2. The first-order valence-corrected chi connectivity index (χ1v) is 49.2. The first-order chi connectivity index (χ1) is 69.2. The van der Waals surface area contributed by atoms with Gasteiger partial charge in [-0.3, -0.25) is 82.0 Å². The smallest absolute Gasteiger partial charge is 0.303 e. The van der Waals surface area contributed by atoms with Gasteiger partial charge in [-0.1, -0.05) is 0 Å². The van der Waals surface area contributed by atoms with Crippen molar-refractivity contribution in [3.63, 3.8) is 0 Å². The molecule has 3 fully saturated rings. The van der Waals surface area contributed by atoms with Gasteiger partial charge in [-0.15, -0.1) is 0 Å². The number of esters is 8. The van der Waals surface area contributed by atoms with Crippen molar-refractivity contribution >= 4 is 103 Å². The minimum Gasteiger partial charge on any atom is -0.463 e. The predicted octanol–water partition coefficient (Wildman–Crippen LogP) is -1.75. The van der Waals surface area contributed by atoms with Crippen LogP contribution >= 0.6 is 8.53 Å². The molecule has 0 aromatic rings. The fourth-order valence-corrected chi connectivity index (χ4v) is 15.7. The Hall–Kier alpha value is -9.20. The Bertz CT molecular complexity index is 3870. The SMILES string of the molecule is CC(=O)NC1C(OCCOCCNC(=O)CCC(NC(=O)CCC(NCC(=O)CCOCCOCCOCCOCCOCCOCCOCCOCCOP(OCCC#N)N(C(C)C)C(C)C)C(=O)NCCOCCOC2(NC(C)=O)COC(COC(C)=O)C(OC(C)=O)C2)C(=O)NCCOCCOC2OC(COC(C)=O)C(OC(C)=O)C(OC(C)=O)C2NC(C)=O)OC(COC(C)=O)C(OC(C)=O)C1OC(C)=O. The number of ether oxygens (including phenoxy) is 25. The maximum absolute atomic E-state index is 14.2. The van der Waals surface area contributed by atoms with E-state index in [2.05, 4.69) is 81.0 Å². The average molecular weight is 2110 g/mol. The van der Waals surface area contributed by atoms with E-state index >= 15 is 0 Å². The third-order valence-electron chi connectivity index (χ3n) is 20.1. The molecule has 3 aliphatic rings. The average Bonchev–Trinajstić information content (AvgIpc) is 0.789. The number of hydrogen-bond acceptors (Lipinski definition) is 46. The van der Waals surface area contributed by atoms with Crippen LogP contribution in [0.4, 0.5) is 0 Å². The van der Waals surface area contributed by atoms with Crippen LogP contribution < -0.4 is 42.5 Å². The van der Waals surface area contributed by atoms with Gasteiger partial charge < -0.3 is 165 Å². The fourth-order valence-electron chi connectivity index (χ4n) is 14.2. The molecule has 8 N–H and O–H groups in total. The zero-order valence-electron chi connectivity index (χ0n) is 85.8. The molecule has 0 aromatic carbocycles. The van der Waals surface area contributed by atoms with Crippen molar-refractivity contribution in [1.82, 2.24) is 47.2 Å². The zero-order chi connectivity index (χ0) is 107. The van der Waals surface area contributed by atoms with Gasteiger partial charge in [0.05, 0.1) is 210 Å². The summed E-state index contributed by atoms with van der Waals surface area (Å²) in [6, 6.07) is -2.73. The summed E-state index contributed by atoms with van der Waals surface area (Å²) in [6.45, 7) is 22.4. The molecule has 3 heterocycles. The van der Waals surface area contributed by atoms with Crippen molar-refractivity contribution in [2.45, 2.75) is 252 Å². The number of rotatable bonds is 81. The van der Waals surface area contributed by atoms with E-state index in [9.17, 15) is 76.7 Å². The fraction of sp³-hybridized carbons (Fsp3) is 0.813. The van der Waals surface area contributed by atoms with Crippen molar-refractivity contribution < 1.29 is 204 Å². The maximum Gasteiger partial charge on any atom is 0.303 e. The van der Waals surface area contributed by atoms with Crippen LogP contribution in [-0.2, 0) is 204 Å². The highest BCUT2D eigenvalue weighted by Crippen LogP contribution is 2.46. The Labute approximate surface area is 845 Å². The first-order valence-electron chi connectivity index (χ1n) is 48.1. The Morgan fingerprint density at radius 3 is 1.17 bits per heavy atom. The molecule has 16 unspecified atom stereocenters. The number of hydrogen-bond donors (Lipinski definition) is 8. The topological polar surface area (TPSA) is 646 Å². The second-order valence-corrected chi connectivity index (χ2v) is 34.6. The number of amides is 7. The molecular formula is C91H153N10O43P. The second-order valence-electron chi connectivity index (χ2n) is 33.2. The summed E-state index contributed by atoms with van der Waals surface area (Å²) in [6.07, 6.45) is -14.1. The third kappa shape index (κ3) is 60.2. The number of carbonyl (C=O) groups is 16. The molecule has 0 aromatic heterocycles. The van der Waals surface area contributed by atoms with E-state index in [1.54, 1.807) is 0 Å². The highest BCUT2D eigenvalue weighted by atomic mass is 31.2. The van der Waals surface area contributed by atoms with Crippen LogP contribution in [0.5, 0.6) is 0 Å². The standard InChI is InChI=1S/C91H153N10O43P/c1-59(2)101(60(3)4)145(136-26-16-22-92)137-52-48-128-44-43-127-42-41-126-40-39-125-38-37-124-36-35-123-34-33-122-32-31-118-27-21-72(113)54-96-73(87(116)94-24-30-121-47-51-135-91(100-63(7)104)53-75(138-67(11)108)76(134-58-91)55-131-64(8)105)17-20-80(115)99-74(88(117)95-25-29-120-46-50-130-90-82(98-62(6)103)86(142-71(15)112)84(140-69(13)110)78(144-90)57-133-66(10)107)18-19-79(114)93-23-28-119-45-49-129-89-81(97-61(5)102)85(141-70(14)111)83(139-68(12)109)77(143-89)56-132-65(9)106/h59-60,73-78,81-86,89-90,96H,16-21,23-58H2,1-15H3,(H,93,114)(H,94,116)(H,95,117)(H,97,102)(H,98,103)(H,99,115)(H,100,104). The van der Waals surface area contributed by atoms with Crippen LogP contribution in [0.15, 0.2) is 0 Å². The monoisotopic (exact) mass is 2100 g/mol. The Kier molecular flexibility index (Phi) is 69.2. The van der Waals surface area contributed by atoms with E-state index in [4.69, 9.17) is 133 Å². The molecule has 53 nitrogen and oxygen atoms in total. The lowest BCUT2D eigenvalue weighted by Gasteiger charge is -2.44. The van der Waals surface area contributed by atoms with Crippen LogP contribution in [0.1, 0.15) is 149 Å². The van der Waals surface area contributed by atoms with E-state index < -0.39 is 209 Å². The summed E-state index contributed by atoms with van der Waals surface area (Å²) in [5.41, 5.74) is -1.51. The van der Waals surface area contributed by atoms with Gasteiger partial charge in [0.15, 0.2) is 42.7 Å². The van der Waals surface area contributed by atoms with Gasteiger partial charge in [0, 0.05) is 134 Å². The Morgan fingerprint density at radius 1 is 0.393 bits per heavy atom. The molecule has 830 valence electrons. The highest BCUT2D eigenvalue weighted by molar-refractivity contribution is 7.44. The van der Waals surface area contributed by atoms with E-state index in [1.165, 1.54) is 27.7 Å². The molecule has 3 rings (SSSR count). The number of ketones is 1. The van der Waals surface area contributed by atoms with Crippen LogP contribution in [0.25, 0.3) is 0 Å². The predicted molar refractivity (Wildman–Crippen MR) is 500 cm³/mol. The molecule has 3 saturated heterocycles. The van der Waals surface area contributed by atoms with Crippen molar-refractivity contribution in [3.8, 4) is 6.07 Å². The molecule has 7 amide bonds. The number of carbonyl (C=O) groups excluding carboxylic acids is 16. The molecule has 0 bridgehead atoms. The molecule has 145 heavy (non-hydrogen) atoms. The number of nitriles is 1. The number of nitrogens with one attached hydrogen (secondary N) is 8. The summed E-state index contributed by atoms with van der Waals surface area (Å²) in [5.74, 6) is -11.0. The van der Waals surface area contributed by atoms with Crippen molar-refractivity contribution in [1.29, 1.82) is 5.26 Å². The zero-order valence-corrected chi connectivity index (χ0v) is 86.7. The lowest BCUT2D eigenvalue weighted by atomic mass is 9.96. The lowest BCUT2D eigenvalue weighted by molar-refractivity contribution is -0.279. The lowest BCUT2D eigenvalue weighted by Crippen LogP contribution is -2.66. The molecule has 54 heteroatoms. The number of nitrogens with zero attached hydrogens (tertiary/aromatic N) is 2. The highest BCUT2D eigenvalue weighted by Gasteiger charge is 2.54. The van der Waals surface area contributed by atoms with Gasteiger partial charge in [-0.05, 0) is 40.5 Å². The minimum absolute atomic E-state index is 0.0230. The summed E-state index contributed by atoms with van der Waals surface area (Å²) in [4.78, 5) is 203. The van der Waals surface area contributed by atoms with Crippen molar-refractivity contribution in [2.24, 2.45) is 0 Å². The van der Waals surface area contributed by atoms with Gasteiger partial charge in [0.1, 0.15) is 68.1 Å². The largest absolute Gasteiger partial charge is 0.463 e. The first kappa shape index (κ1) is 130. The molecule has 0 saturated carbocycles. The van der Waals surface area contributed by atoms with Gasteiger partial charge in [-0.25, -0.2) is 4.67 Å². The minimum atomic E-state index is -1.51. The van der Waals surface area contributed by atoms with Crippen LogP contribution in [0.3, 0.4) is 0 Å². The Morgan fingerprint density at radius 2 is 0.759 bits per heavy atom. The van der Waals surface area contributed by atoms with Gasteiger partial charge >= 0.3 is 47.8 Å². The van der Waals surface area contributed by atoms with Crippen molar-refractivity contribution in [2.75, 3.05) is 231 Å². The summed E-state index contributed by atoms with van der Waals surface area (Å²) in [7, 11) is -1.33. The van der Waals surface area contributed by atoms with E-state index in [0.29, 0.717) is 85.9 Å². The Balaban J connectivity index is 1.66. The van der Waals surface area contributed by atoms with Gasteiger partial charge in [0.2, 0.25) is 41.4 Å². The summed E-state index contributed by atoms with van der Waals surface area (Å²) >= 11 is 0. The summed E-state index contributed by atoms with van der Waals surface area (Å²) in [5, 5.41) is 30.4. The van der Waals surface area contributed by atoms with E-state index in [1.807, 2.05) is 0 Å². The van der Waals surface area contributed by atoms with Crippen LogP contribution in [-0.4, -0.2) is 434 Å². The summed E-state index contributed by atoms with van der Waals surface area (Å²) < 4.78 is 155. The van der Waals surface area contributed by atoms with E-state index in [-0.39, 0.29) is 188 Å². The normalized spacial score (nSPS) is 20.9. The molecule has 16 atom stereocenters. The van der Waals surface area contributed by atoms with Crippen molar-refractivity contribution in [3.05, 3.63) is 0 Å². The van der Waals surface area contributed by atoms with Gasteiger partial charge in [0.25, 0.3) is 8.53 Å². The third-order valence-corrected chi connectivity index (χ3v) is 22.2. The molecule has 3 aliphatic heterocycles. The molecule has 0 aliphatic carbocycles. The molecular weight excluding hydrogens is 1950 g/mol. The molecule has 0 radical (unpaired) electrons. The van der Waals surface area contributed by atoms with E-state index in [0.717, 1.165) is 48.5 Å². The molecule has 0 spiro atoms. The van der Waals surface area contributed by atoms with Crippen LogP contribution in [0, 0.1) is 11.3 Å². The second kappa shape index (κ2) is 77.2. The van der Waals surface area contributed by atoms with Gasteiger partial charge in [-0.2, -0.15) is 5.26 Å². The quantitative estimate of drug-likeness (QED) is 0.0110. The number of Topliss-reactive ketones (excluding diaryl/α,β-unsaturated/α-hetero) is 1.